The molecule has 0 aliphatic carbocycles. The molecule has 0 spiro atoms. The summed E-state index contributed by atoms with van der Waals surface area (Å²) in [5, 5.41) is 12.2. The number of carboxylic acid groups (broad SMARTS) is 1. The van der Waals surface area contributed by atoms with Crippen LogP contribution in [0.5, 0.6) is 23.0 Å². The number of thioether (sulfide) groups is 1. The average Bonchev–Trinajstić information content (AvgIpc) is 3.35. The van der Waals surface area contributed by atoms with Crippen molar-refractivity contribution in [2.24, 2.45) is 0 Å². The van der Waals surface area contributed by atoms with E-state index >= 15 is 0 Å². The number of rotatable bonds is 6. The zero-order valence-electron chi connectivity index (χ0n) is 14.6. The van der Waals surface area contributed by atoms with Gasteiger partial charge in [0.1, 0.15) is 24.1 Å². The Kier molecular flexibility index (Phi) is 5.00. The number of hydrogen-bond acceptors (Lipinski definition) is 7. The van der Waals surface area contributed by atoms with Crippen LogP contribution in [0.2, 0.25) is 0 Å². The molecule has 2 heterocycles. The van der Waals surface area contributed by atoms with E-state index in [9.17, 15) is 4.79 Å². The Bertz CT molecular complexity index is 858. The SMILES string of the molecule is COc1ccc(C2NC(C(=O)O)CS2)cc1COc1ccc2c(c1)OCO2. The van der Waals surface area contributed by atoms with Gasteiger partial charge in [0, 0.05) is 17.4 Å². The number of carbonyl (C=O) groups is 1. The molecule has 2 unspecified atom stereocenters. The molecule has 2 aliphatic heterocycles. The maximum Gasteiger partial charge on any atom is 0.321 e. The molecule has 1 saturated heterocycles. The van der Waals surface area contributed by atoms with Crippen LogP contribution in [-0.4, -0.2) is 36.8 Å². The van der Waals surface area contributed by atoms with E-state index in [1.807, 2.05) is 30.3 Å². The maximum atomic E-state index is 11.2. The molecule has 2 aliphatic rings. The molecule has 0 radical (unpaired) electrons. The molecular weight excluding hydrogens is 370 g/mol. The molecule has 2 aromatic carbocycles. The van der Waals surface area contributed by atoms with Gasteiger partial charge in [0.25, 0.3) is 0 Å². The van der Waals surface area contributed by atoms with Crippen LogP contribution < -0.4 is 24.3 Å². The highest BCUT2D eigenvalue weighted by Gasteiger charge is 2.30. The molecule has 2 atom stereocenters. The molecule has 4 rings (SSSR count). The molecule has 0 amide bonds. The zero-order chi connectivity index (χ0) is 18.8. The first-order valence-corrected chi connectivity index (χ1v) is 9.48. The van der Waals surface area contributed by atoms with E-state index < -0.39 is 12.0 Å². The number of nitrogens with one attached hydrogen (secondary N) is 1. The van der Waals surface area contributed by atoms with Gasteiger partial charge in [-0.1, -0.05) is 6.07 Å². The third-order valence-corrected chi connectivity index (χ3v) is 5.69. The summed E-state index contributed by atoms with van der Waals surface area (Å²) in [6, 6.07) is 10.7. The topological polar surface area (TPSA) is 86.3 Å². The van der Waals surface area contributed by atoms with Gasteiger partial charge in [-0.05, 0) is 29.8 Å². The molecule has 142 valence electrons. The number of methoxy groups -OCH3 is 1. The lowest BCUT2D eigenvalue weighted by Gasteiger charge is -2.16. The van der Waals surface area contributed by atoms with Crippen molar-refractivity contribution < 1.29 is 28.8 Å². The van der Waals surface area contributed by atoms with Crippen molar-refractivity contribution in [3.05, 3.63) is 47.5 Å². The molecule has 2 aromatic rings. The van der Waals surface area contributed by atoms with Gasteiger partial charge in [0.2, 0.25) is 6.79 Å². The summed E-state index contributed by atoms with van der Waals surface area (Å²) < 4.78 is 22.0. The fraction of sp³-hybridized carbons (Fsp3) is 0.316. The Balaban J connectivity index is 1.49. The number of benzene rings is 2. The zero-order valence-corrected chi connectivity index (χ0v) is 15.5. The fourth-order valence-corrected chi connectivity index (χ4v) is 4.23. The summed E-state index contributed by atoms with van der Waals surface area (Å²) >= 11 is 1.58. The van der Waals surface area contributed by atoms with E-state index in [4.69, 9.17) is 24.1 Å². The first-order chi connectivity index (χ1) is 13.1. The van der Waals surface area contributed by atoms with Gasteiger partial charge >= 0.3 is 5.97 Å². The Labute approximate surface area is 160 Å². The quantitative estimate of drug-likeness (QED) is 0.780. The summed E-state index contributed by atoms with van der Waals surface area (Å²) in [6.07, 6.45) is 0. The van der Waals surface area contributed by atoms with E-state index in [2.05, 4.69) is 5.32 Å². The second-order valence-corrected chi connectivity index (χ2v) is 7.28. The minimum atomic E-state index is -0.829. The predicted octanol–water partition coefficient (Wildman–Crippen LogP) is 2.79. The lowest BCUT2D eigenvalue weighted by molar-refractivity contribution is -0.138. The molecule has 27 heavy (non-hydrogen) atoms. The monoisotopic (exact) mass is 389 g/mol. The summed E-state index contributed by atoms with van der Waals surface area (Å²) in [4.78, 5) is 11.2. The van der Waals surface area contributed by atoms with Gasteiger partial charge in [-0.2, -0.15) is 0 Å². The number of carboxylic acids is 1. The standard InChI is InChI=1S/C19H19NO6S/c1-23-15-4-2-11(18-20-14(9-27-18)19(21)22)6-12(15)8-24-13-3-5-16-17(7-13)26-10-25-16/h2-7,14,18,20H,8-10H2,1H3,(H,21,22). The van der Waals surface area contributed by atoms with Crippen molar-refractivity contribution in [1.82, 2.24) is 5.32 Å². The van der Waals surface area contributed by atoms with E-state index in [-0.39, 0.29) is 12.2 Å². The fourth-order valence-electron chi connectivity index (χ4n) is 3.01. The molecule has 0 aromatic heterocycles. The van der Waals surface area contributed by atoms with Crippen LogP contribution in [0.25, 0.3) is 0 Å². The van der Waals surface area contributed by atoms with E-state index in [0.29, 0.717) is 29.6 Å². The number of ether oxygens (including phenoxy) is 4. The van der Waals surface area contributed by atoms with Gasteiger partial charge in [0.05, 0.1) is 12.5 Å². The maximum absolute atomic E-state index is 11.2. The summed E-state index contributed by atoms with van der Waals surface area (Å²) in [6.45, 7) is 0.536. The van der Waals surface area contributed by atoms with Gasteiger partial charge in [-0.3, -0.25) is 10.1 Å². The molecule has 8 heteroatoms. The molecule has 0 bridgehead atoms. The average molecular weight is 389 g/mol. The van der Waals surface area contributed by atoms with E-state index in [1.54, 1.807) is 24.9 Å². The predicted molar refractivity (Wildman–Crippen MR) is 99.6 cm³/mol. The largest absolute Gasteiger partial charge is 0.496 e. The van der Waals surface area contributed by atoms with Crippen molar-refractivity contribution in [2.45, 2.75) is 18.0 Å². The van der Waals surface area contributed by atoms with Crippen molar-refractivity contribution in [1.29, 1.82) is 0 Å². The first-order valence-electron chi connectivity index (χ1n) is 8.44. The Morgan fingerprint density at radius 3 is 2.89 bits per heavy atom. The smallest absolute Gasteiger partial charge is 0.321 e. The normalized spacial score (nSPS) is 20.5. The van der Waals surface area contributed by atoms with Crippen LogP contribution in [-0.2, 0) is 11.4 Å². The van der Waals surface area contributed by atoms with Crippen molar-refractivity contribution in [3.8, 4) is 23.0 Å². The second-order valence-electron chi connectivity index (χ2n) is 6.15. The first kappa shape index (κ1) is 17.8. The number of hydrogen-bond donors (Lipinski definition) is 2. The molecular formula is C19H19NO6S. The van der Waals surface area contributed by atoms with Crippen LogP contribution in [0.4, 0.5) is 0 Å². The van der Waals surface area contributed by atoms with Gasteiger partial charge < -0.3 is 24.1 Å². The van der Waals surface area contributed by atoms with Gasteiger partial charge in [0.15, 0.2) is 11.5 Å². The highest BCUT2D eigenvalue weighted by Crippen LogP contribution is 2.37. The van der Waals surface area contributed by atoms with Crippen molar-refractivity contribution in [3.63, 3.8) is 0 Å². The summed E-state index contributed by atoms with van der Waals surface area (Å²) in [5.41, 5.74) is 1.88. The Morgan fingerprint density at radius 2 is 2.11 bits per heavy atom. The summed E-state index contributed by atoms with van der Waals surface area (Å²) in [5.74, 6) is 2.47. The highest BCUT2D eigenvalue weighted by molar-refractivity contribution is 7.99. The van der Waals surface area contributed by atoms with Crippen LogP contribution in [0.3, 0.4) is 0 Å². The van der Waals surface area contributed by atoms with Crippen LogP contribution in [0.15, 0.2) is 36.4 Å². The molecule has 0 saturated carbocycles. The van der Waals surface area contributed by atoms with Crippen LogP contribution in [0, 0.1) is 0 Å². The molecule has 7 nitrogen and oxygen atoms in total. The lowest BCUT2D eigenvalue weighted by Crippen LogP contribution is -2.33. The third kappa shape index (κ3) is 3.77. The Morgan fingerprint density at radius 1 is 1.26 bits per heavy atom. The number of aliphatic carboxylic acids is 1. The highest BCUT2D eigenvalue weighted by atomic mass is 32.2. The van der Waals surface area contributed by atoms with Gasteiger partial charge in [-0.25, -0.2) is 0 Å². The van der Waals surface area contributed by atoms with Crippen LogP contribution >= 0.6 is 11.8 Å². The lowest BCUT2D eigenvalue weighted by atomic mass is 10.1. The molecule has 1 fully saturated rings. The van der Waals surface area contributed by atoms with Crippen LogP contribution in [0.1, 0.15) is 16.5 Å². The Hall–Kier alpha value is -2.58. The van der Waals surface area contributed by atoms with Crippen molar-refractivity contribution >= 4 is 17.7 Å². The minimum absolute atomic E-state index is 0.0682. The summed E-state index contributed by atoms with van der Waals surface area (Å²) in [7, 11) is 1.61. The van der Waals surface area contributed by atoms with Crippen molar-refractivity contribution in [2.75, 3.05) is 19.7 Å². The second kappa shape index (κ2) is 7.58. The molecule has 2 N–H and O–H groups in total. The minimum Gasteiger partial charge on any atom is -0.496 e. The van der Waals surface area contributed by atoms with E-state index in [1.165, 1.54) is 0 Å². The number of fused-ring (bicyclic) bond motifs is 1. The third-order valence-electron chi connectivity index (χ3n) is 4.43. The van der Waals surface area contributed by atoms with Gasteiger partial charge in [-0.15, -0.1) is 11.8 Å². The van der Waals surface area contributed by atoms with E-state index in [0.717, 1.165) is 16.9 Å².